The number of anilines is 1. The second-order valence-electron chi connectivity index (χ2n) is 14.0. The van der Waals surface area contributed by atoms with Crippen LogP contribution in [0.4, 0.5) is 23.2 Å². The Labute approximate surface area is 286 Å². The first-order valence-corrected chi connectivity index (χ1v) is 17.1. The van der Waals surface area contributed by atoms with Crippen LogP contribution in [0.25, 0.3) is 11.1 Å². The Hall–Kier alpha value is -4.46. The van der Waals surface area contributed by atoms with Crippen molar-refractivity contribution in [3.05, 3.63) is 69.8 Å². The van der Waals surface area contributed by atoms with Crippen LogP contribution in [0, 0.1) is 19.7 Å². The quantitative estimate of drug-likeness (QED) is 0.279. The molecule has 3 N–H and O–H groups in total. The Morgan fingerprint density at radius 2 is 1.82 bits per heavy atom. The molecule has 1 spiro atoms. The van der Waals surface area contributed by atoms with Crippen molar-refractivity contribution >= 4 is 23.3 Å². The van der Waals surface area contributed by atoms with Gasteiger partial charge in [-0.3, -0.25) is 14.6 Å². The number of aryl methyl sites for hydroxylation is 2. The lowest BCUT2D eigenvalue weighted by molar-refractivity contribution is -0.141. The smallest absolute Gasteiger partial charge is 0.373 e. The fourth-order valence-electron chi connectivity index (χ4n) is 7.40. The lowest BCUT2D eigenvalue weighted by atomic mass is 9.80. The summed E-state index contributed by atoms with van der Waals surface area (Å²) >= 11 is 0. The lowest BCUT2D eigenvalue weighted by Gasteiger charge is -2.43. The zero-order valence-electron chi connectivity index (χ0n) is 28.2. The molecule has 2 atom stereocenters. The van der Waals surface area contributed by atoms with Gasteiger partial charge in [0.1, 0.15) is 28.7 Å². The number of nitrogens with one attached hydrogen (secondary N) is 1. The van der Waals surface area contributed by atoms with E-state index in [1.54, 1.807) is 13.8 Å². The van der Waals surface area contributed by atoms with Gasteiger partial charge in [0.05, 0.1) is 24.8 Å². The maximum atomic E-state index is 16.1. The molecule has 2 saturated carbocycles. The average molecular weight is 694 g/mol. The van der Waals surface area contributed by atoms with Crippen LogP contribution in [-0.2, 0) is 33.5 Å². The number of rotatable bonds is 9. The van der Waals surface area contributed by atoms with Gasteiger partial charge in [0.2, 0.25) is 5.91 Å². The molecule has 0 bridgehead atoms. The summed E-state index contributed by atoms with van der Waals surface area (Å²) in [4.78, 5) is 45.1. The normalized spacial score (nSPS) is 22.5. The first kappa shape index (κ1) is 34.0. The predicted molar refractivity (Wildman–Crippen MR) is 177 cm³/mol. The summed E-state index contributed by atoms with van der Waals surface area (Å²) in [5, 5.41) is 2.88. The largest absolute Gasteiger partial charge is 0.433 e. The van der Waals surface area contributed by atoms with Gasteiger partial charge in [0.25, 0.3) is 5.91 Å². The summed E-state index contributed by atoms with van der Waals surface area (Å²) < 4.78 is 62.8. The number of amides is 2. The van der Waals surface area contributed by atoms with E-state index in [0.29, 0.717) is 70.2 Å². The van der Waals surface area contributed by atoms with Gasteiger partial charge in [-0.2, -0.15) is 13.2 Å². The van der Waals surface area contributed by atoms with Crippen LogP contribution in [-0.4, -0.2) is 56.8 Å². The van der Waals surface area contributed by atoms with Gasteiger partial charge >= 0.3 is 6.18 Å². The van der Waals surface area contributed by atoms with Gasteiger partial charge in [0, 0.05) is 58.7 Å². The van der Waals surface area contributed by atoms with E-state index in [-0.39, 0.29) is 42.8 Å². The van der Waals surface area contributed by atoms with Gasteiger partial charge in [0.15, 0.2) is 0 Å². The molecule has 14 heteroatoms. The van der Waals surface area contributed by atoms with Crippen LogP contribution < -0.4 is 16.0 Å². The number of primary amides is 1. The fourth-order valence-corrected chi connectivity index (χ4v) is 7.40. The Bertz CT molecular complexity index is 1880. The van der Waals surface area contributed by atoms with E-state index in [1.807, 2.05) is 13.0 Å². The van der Waals surface area contributed by atoms with Crippen molar-refractivity contribution in [2.45, 2.75) is 109 Å². The van der Waals surface area contributed by atoms with E-state index in [9.17, 15) is 22.8 Å². The first-order valence-electron chi connectivity index (χ1n) is 17.1. The van der Waals surface area contributed by atoms with Crippen molar-refractivity contribution in [1.29, 1.82) is 0 Å². The van der Waals surface area contributed by atoms with Crippen molar-refractivity contribution in [2.24, 2.45) is 10.7 Å². The Balaban J connectivity index is 1.21. The highest BCUT2D eigenvalue weighted by Crippen LogP contribution is 2.43. The summed E-state index contributed by atoms with van der Waals surface area (Å²) in [6.45, 7) is 5.95. The monoisotopic (exact) mass is 693 g/mol. The number of aromatic nitrogens is 3. The summed E-state index contributed by atoms with van der Waals surface area (Å²) in [6.07, 6.45) is 0.217. The highest BCUT2D eigenvalue weighted by Gasteiger charge is 2.49. The number of pyridine rings is 1. The third-order valence-corrected chi connectivity index (χ3v) is 10.3. The number of hydrogen-bond acceptors (Lipinski definition) is 8. The molecule has 3 aromatic rings. The number of halogens is 4. The number of carbonyl (C=O) groups is 2. The number of benzene rings is 1. The van der Waals surface area contributed by atoms with E-state index in [2.05, 4.69) is 25.2 Å². The van der Waals surface area contributed by atoms with Crippen molar-refractivity contribution in [3.63, 3.8) is 0 Å². The highest BCUT2D eigenvalue weighted by molar-refractivity contribution is 6.16. The molecular weight excluding hydrogens is 654 g/mol. The molecule has 2 aliphatic heterocycles. The lowest BCUT2D eigenvalue weighted by Crippen LogP contribution is -2.53. The van der Waals surface area contributed by atoms with Crippen molar-refractivity contribution < 1.29 is 31.9 Å². The second kappa shape index (κ2) is 12.7. The van der Waals surface area contributed by atoms with Crippen LogP contribution in [0.5, 0.6) is 0 Å². The minimum Gasteiger partial charge on any atom is -0.373 e. The van der Waals surface area contributed by atoms with Gasteiger partial charge in [-0.1, -0.05) is 6.42 Å². The van der Waals surface area contributed by atoms with Crippen LogP contribution in [0.15, 0.2) is 29.3 Å². The number of aliphatic imine (C=N–C) groups is 1. The highest BCUT2D eigenvalue weighted by atomic mass is 19.4. The summed E-state index contributed by atoms with van der Waals surface area (Å²) in [5.74, 6) is -0.888. The van der Waals surface area contributed by atoms with Crippen LogP contribution >= 0.6 is 0 Å². The van der Waals surface area contributed by atoms with Crippen LogP contribution in [0.1, 0.15) is 97.5 Å². The number of carbonyl (C=O) groups excluding carboxylic acids is 2. The van der Waals surface area contributed by atoms with Crippen molar-refractivity contribution in [2.75, 3.05) is 11.4 Å². The number of amidine groups is 1. The number of nitrogens with zero attached hydrogens (tertiary/aromatic N) is 5. The molecule has 1 aromatic carbocycles. The number of hydrogen-bond donors (Lipinski definition) is 2. The van der Waals surface area contributed by atoms with E-state index < -0.39 is 29.1 Å². The van der Waals surface area contributed by atoms with Crippen molar-refractivity contribution in [1.82, 2.24) is 20.3 Å². The van der Waals surface area contributed by atoms with E-state index in [1.165, 1.54) is 12.1 Å². The fraction of sp³-hybridized carbons (Fsp3) is 0.500. The molecule has 264 valence electrons. The molecule has 0 radical (unpaired) electrons. The molecule has 4 heterocycles. The molecule has 50 heavy (non-hydrogen) atoms. The topological polar surface area (TPSA) is 136 Å². The van der Waals surface area contributed by atoms with E-state index >= 15 is 4.39 Å². The molecule has 0 unspecified atom stereocenters. The van der Waals surface area contributed by atoms with Gasteiger partial charge in [-0.05, 0) is 82.7 Å². The van der Waals surface area contributed by atoms with Crippen molar-refractivity contribution in [3.8, 4) is 11.1 Å². The third kappa shape index (κ3) is 6.45. The molecule has 2 aromatic heterocycles. The van der Waals surface area contributed by atoms with Gasteiger partial charge in [-0.15, -0.1) is 0 Å². The number of piperidine rings is 1. The molecular formula is C36H39F4N7O3. The van der Waals surface area contributed by atoms with E-state index in [4.69, 9.17) is 15.5 Å². The minimum absolute atomic E-state index is 0.0835. The molecule has 1 saturated heterocycles. The SMILES string of the molecule is Cc1nc(CC(N)=O)nc(C)c1-c1cc(F)c(COC2CC2)c(N2CC[C@]3(C[C@@H]2C)N=C(c2ccc(C(F)(F)F)nc2C2CCC2)NC3=O)c1. The first-order chi connectivity index (χ1) is 23.7. The minimum atomic E-state index is -4.58. The van der Waals surface area contributed by atoms with E-state index in [0.717, 1.165) is 38.2 Å². The molecule has 3 fully saturated rings. The molecule has 2 aliphatic carbocycles. The van der Waals surface area contributed by atoms with Gasteiger partial charge < -0.3 is 20.7 Å². The standard InChI is InChI=1S/C36H39F4N7O3/c1-18-16-35(34(49)45-33(46-35)24-9-10-28(36(38,39)40)44-32(24)21-5-4-6-21)11-12-47(18)27-14-22(13-26(37)25(27)17-50-23-7-8-23)31-19(2)42-30(15-29(41)48)43-20(31)3/h9-10,13-14,18,21,23H,4-8,11-12,15-17H2,1-3H3,(H2,41,48)(H,45,46,49)/t18-,35+/m0/s1. The summed E-state index contributed by atoms with van der Waals surface area (Å²) in [7, 11) is 0. The van der Waals surface area contributed by atoms with Gasteiger partial charge in [-0.25, -0.2) is 19.3 Å². The maximum Gasteiger partial charge on any atom is 0.433 e. The molecule has 7 rings (SSSR count). The number of alkyl halides is 3. The molecule has 10 nitrogen and oxygen atoms in total. The predicted octanol–water partition coefficient (Wildman–Crippen LogP) is 5.59. The number of ether oxygens (including phenoxy) is 1. The molecule has 4 aliphatic rings. The number of nitrogens with two attached hydrogens (primary N) is 1. The summed E-state index contributed by atoms with van der Waals surface area (Å²) in [5.41, 5.74) is 7.41. The van der Waals surface area contributed by atoms with Crippen LogP contribution in [0.2, 0.25) is 0 Å². The summed E-state index contributed by atoms with van der Waals surface area (Å²) in [6, 6.07) is 5.39. The average Bonchev–Trinajstić information content (AvgIpc) is 3.77. The second-order valence-corrected chi connectivity index (χ2v) is 14.0. The third-order valence-electron chi connectivity index (χ3n) is 10.3. The Morgan fingerprint density at radius 3 is 2.42 bits per heavy atom. The maximum absolute atomic E-state index is 16.1. The zero-order valence-corrected chi connectivity index (χ0v) is 28.2. The zero-order chi connectivity index (χ0) is 35.5. The molecule has 2 amide bonds. The Morgan fingerprint density at radius 1 is 1.10 bits per heavy atom. The van der Waals surface area contributed by atoms with Crippen LogP contribution in [0.3, 0.4) is 0 Å². The Kier molecular flexibility index (Phi) is 8.64.